The Morgan fingerprint density at radius 1 is 1.48 bits per heavy atom. The number of rotatable bonds is 5. The molecule has 2 aromatic rings. The summed E-state index contributed by atoms with van der Waals surface area (Å²) in [4.78, 5) is 30.6. The maximum atomic E-state index is 12.1. The molecule has 0 saturated heterocycles. The van der Waals surface area contributed by atoms with Gasteiger partial charge < -0.3 is 4.57 Å². The average Bonchev–Trinajstić information content (AvgIpc) is 2.79. The van der Waals surface area contributed by atoms with E-state index in [1.807, 2.05) is 30.6 Å². The number of nitrogens with zero attached hydrogens (tertiary/aromatic N) is 3. The molecule has 0 fully saturated rings. The van der Waals surface area contributed by atoms with Crippen LogP contribution in [0.2, 0.25) is 0 Å². The maximum Gasteiger partial charge on any atom is 0.329 e. The van der Waals surface area contributed by atoms with Gasteiger partial charge in [-0.25, -0.2) is 9.78 Å². The maximum absolute atomic E-state index is 12.1. The molecule has 2 heterocycles. The lowest BCUT2D eigenvalue weighted by molar-refractivity contribution is 0.744. The molecule has 2 aromatic heterocycles. The van der Waals surface area contributed by atoms with Crippen molar-refractivity contribution in [2.45, 2.75) is 25.5 Å². The third kappa shape index (κ3) is 3.02. The largest absolute Gasteiger partial charge is 0.329 e. The number of allylic oxidation sites excluding steroid dienone is 2. The topological polar surface area (TPSA) is 72.7 Å². The molecule has 0 spiro atoms. The number of aromatic nitrogens is 4. The molecular formula is C14H18N4O2S. The van der Waals surface area contributed by atoms with Gasteiger partial charge in [0.05, 0.1) is 0 Å². The molecule has 112 valence electrons. The van der Waals surface area contributed by atoms with Crippen molar-refractivity contribution in [1.29, 1.82) is 0 Å². The fraction of sp³-hybridized carbons (Fsp3) is 0.357. The third-order valence-corrected chi connectivity index (χ3v) is 4.15. The van der Waals surface area contributed by atoms with E-state index in [9.17, 15) is 9.59 Å². The highest BCUT2D eigenvalue weighted by Crippen LogP contribution is 2.22. The molecule has 0 unspecified atom stereocenters. The molecule has 6 nitrogen and oxygen atoms in total. The van der Waals surface area contributed by atoms with Gasteiger partial charge in [0.15, 0.2) is 16.3 Å². The highest BCUT2D eigenvalue weighted by atomic mass is 32.2. The highest BCUT2D eigenvalue weighted by Gasteiger charge is 2.16. The predicted molar refractivity (Wildman–Crippen MR) is 85.9 cm³/mol. The Bertz CT molecular complexity index is 826. The van der Waals surface area contributed by atoms with Crippen LogP contribution in [0.4, 0.5) is 0 Å². The number of hydrogen-bond donors (Lipinski definition) is 1. The number of aromatic amines is 1. The molecule has 0 aliphatic carbocycles. The quantitative estimate of drug-likeness (QED) is 0.673. The standard InChI is InChI=1S/C14H18N4O2S/c1-5-6-7-18-10-11(15-14(18)21-8-9(2)3)17(4)13(20)16-12(10)19/h5-6H,2,7-8H2,1,3-4H3,(H,16,19,20)/b6-5+. The second-order valence-electron chi connectivity index (χ2n) is 4.81. The van der Waals surface area contributed by atoms with E-state index in [4.69, 9.17) is 0 Å². The highest BCUT2D eigenvalue weighted by molar-refractivity contribution is 7.99. The molecule has 0 aliphatic heterocycles. The monoisotopic (exact) mass is 306 g/mol. The molecule has 2 rings (SSSR count). The third-order valence-electron chi connectivity index (χ3n) is 2.94. The SMILES string of the molecule is C=C(C)CSc1nc2c(c(=O)[nH]c(=O)n2C)n1C/C=C/C. The number of imidazole rings is 1. The fourth-order valence-corrected chi connectivity index (χ4v) is 2.74. The second kappa shape index (κ2) is 6.17. The van der Waals surface area contributed by atoms with Gasteiger partial charge in [0.2, 0.25) is 0 Å². The summed E-state index contributed by atoms with van der Waals surface area (Å²) in [7, 11) is 1.60. The zero-order valence-corrected chi connectivity index (χ0v) is 13.2. The Morgan fingerprint density at radius 3 is 2.81 bits per heavy atom. The number of nitrogens with one attached hydrogen (secondary N) is 1. The molecule has 0 amide bonds. The molecule has 7 heteroatoms. The molecule has 0 saturated carbocycles. The minimum absolute atomic E-state index is 0.400. The number of fused-ring (bicyclic) bond motifs is 1. The minimum Gasteiger partial charge on any atom is -0.309 e. The van der Waals surface area contributed by atoms with Gasteiger partial charge in [-0.2, -0.15) is 0 Å². The Kier molecular flexibility index (Phi) is 4.52. The van der Waals surface area contributed by atoms with Gasteiger partial charge in [0.1, 0.15) is 0 Å². The van der Waals surface area contributed by atoms with Gasteiger partial charge in [0.25, 0.3) is 5.56 Å². The van der Waals surface area contributed by atoms with Crippen molar-refractivity contribution in [3.8, 4) is 0 Å². The van der Waals surface area contributed by atoms with Crippen LogP contribution < -0.4 is 11.2 Å². The molecule has 0 radical (unpaired) electrons. The molecule has 0 atom stereocenters. The van der Waals surface area contributed by atoms with Crippen LogP contribution in [-0.2, 0) is 13.6 Å². The van der Waals surface area contributed by atoms with Crippen LogP contribution in [-0.4, -0.2) is 24.9 Å². The van der Waals surface area contributed by atoms with Crippen molar-refractivity contribution in [3.05, 3.63) is 45.1 Å². The number of aryl methyl sites for hydroxylation is 1. The van der Waals surface area contributed by atoms with E-state index in [1.165, 1.54) is 16.3 Å². The van der Waals surface area contributed by atoms with E-state index in [1.54, 1.807) is 7.05 Å². The van der Waals surface area contributed by atoms with Crippen molar-refractivity contribution >= 4 is 22.9 Å². The van der Waals surface area contributed by atoms with E-state index < -0.39 is 11.2 Å². The first-order valence-electron chi connectivity index (χ1n) is 6.53. The molecule has 0 bridgehead atoms. The summed E-state index contributed by atoms with van der Waals surface area (Å²) in [6.45, 7) is 8.26. The molecule has 21 heavy (non-hydrogen) atoms. The van der Waals surface area contributed by atoms with Crippen molar-refractivity contribution in [2.24, 2.45) is 7.05 Å². The molecular weight excluding hydrogens is 288 g/mol. The Balaban J connectivity index is 2.69. The van der Waals surface area contributed by atoms with Gasteiger partial charge in [-0.15, -0.1) is 0 Å². The molecule has 0 aromatic carbocycles. The van der Waals surface area contributed by atoms with Gasteiger partial charge in [-0.3, -0.25) is 14.3 Å². The summed E-state index contributed by atoms with van der Waals surface area (Å²) in [5.74, 6) is 0.713. The number of thioether (sulfide) groups is 1. The van der Waals surface area contributed by atoms with Crippen LogP contribution in [0.5, 0.6) is 0 Å². The normalized spacial score (nSPS) is 11.6. The smallest absolute Gasteiger partial charge is 0.309 e. The zero-order chi connectivity index (χ0) is 15.6. The van der Waals surface area contributed by atoms with Crippen LogP contribution in [0, 0.1) is 0 Å². The fourth-order valence-electron chi connectivity index (χ4n) is 1.89. The van der Waals surface area contributed by atoms with Gasteiger partial charge in [-0.1, -0.05) is 36.1 Å². The van der Waals surface area contributed by atoms with E-state index in [2.05, 4.69) is 16.5 Å². The van der Waals surface area contributed by atoms with Crippen LogP contribution in [0.3, 0.4) is 0 Å². The summed E-state index contributed by atoms with van der Waals surface area (Å²) < 4.78 is 3.18. The van der Waals surface area contributed by atoms with Crippen LogP contribution in [0.15, 0.2) is 39.0 Å². The number of hydrogen-bond acceptors (Lipinski definition) is 4. The molecule has 0 aliphatic rings. The van der Waals surface area contributed by atoms with Crippen LogP contribution in [0.25, 0.3) is 11.2 Å². The first kappa shape index (κ1) is 15.4. The summed E-state index contributed by atoms with van der Waals surface area (Å²) in [5, 5.41) is 0.706. The first-order chi connectivity index (χ1) is 9.95. The second-order valence-corrected chi connectivity index (χ2v) is 5.75. The summed E-state index contributed by atoms with van der Waals surface area (Å²) >= 11 is 1.50. The lowest BCUT2D eigenvalue weighted by atomic mass is 10.4. The zero-order valence-electron chi connectivity index (χ0n) is 12.3. The first-order valence-corrected chi connectivity index (χ1v) is 7.52. The van der Waals surface area contributed by atoms with Crippen molar-refractivity contribution < 1.29 is 0 Å². The summed E-state index contributed by atoms with van der Waals surface area (Å²) in [6.07, 6.45) is 3.85. The summed E-state index contributed by atoms with van der Waals surface area (Å²) in [5.41, 5.74) is 0.969. The van der Waals surface area contributed by atoms with Crippen molar-refractivity contribution in [1.82, 2.24) is 19.1 Å². The van der Waals surface area contributed by atoms with E-state index in [0.717, 1.165) is 5.57 Å². The Labute approximate surface area is 126 Å². The van der Waals surface area contributed by atoms with Crippen molar-refractivity contribution in [2.75, 3.05) is 5.75 Å². The predicted octanol–water partition coefficient (Wildman–Crippen LogP) is 1.67. The lowest BCUT2D eigenvalue weighted by Crippen LogP contribution is -2.29. The van der Waals surface area contributed by atoms with Crippen LogP contribution >= 0.6 is 11.8 Å². The number of H-pyrrole nitrogens is 1. The van der Waals surface area contributed by atoms with Gasteiger partial charge in [0, 0.05) is 19.3 Å². The minimum atomic E-state index is -0.459. The van der Waals surface area contributed by atoms with E-state index in [0.29, 0.717) is 28.6 Å². The lowest BCUT2D eigenvalue weighted by Gasteiger charge is -2.05. The van der Waals surface area contributed by atoms with Gasteiger partial charge >= 0.3 is 5.69 Å². The van der Waals surface area contributed by atoms with Crippen LogP contribution in [0.1, 0.15) is 13.8 Å². The Hall–Kier alpha value is -2.02. The van der Waals surface area contributed by atoms with Crippen molar-refractivity contribution in [3.63, 3.8) is 0 Å². The average molecular weight is 306 g/mol. The van der Waals surface area contributed by atoms with E-state index >= 15 is 0 Å². The molecule has 1 N–H and O–H groups in total. The van der Waals surface area contributed by atoms with E-state index in [-0.39, 0.29) is 0 Å². The summed E-state index contributed by atoms with van der Waals surface area (Å²) in [6, 6.07) is 0. The van der Waals surface area contributed by atoms with Gasteiger partial charge in [-0.05, 0) is 13.8 Å². The Morgan fingerprint density at radius 2 is 2.19 bits per heavy atom.